The van der Waals surface area contributed by atoms with Crippen LogP contribution in [0.2, 0.25) is 0 Å². The molecule has 2 heterocycles. The zero-order valence-corrected chi connectivity index (χ0v) is 19.5. The Kier molecular flexibility index (Phi) is 5.96. The maximum atomic E-state index is 13.8. The number of fused-ring (bicyclic) bond motifs is 1. The van der Waals surface area contributed by atoms with Gasteiger partial charge in [0.05, 0.1) is 12.2 Å². The summed E-state index contributed by atoms with van der Waals surface area (Å²) in [5, 5.41) is 0. The van der Waals surface area contributed by atoms with Gasteiger partial charge in [0.15, 0.2) is 0 Å². The smallest absolute Gasteiger partial charge is 0.278 e. The van der Waals surface area contributed by atoms with E-state index in [9.17, 15) is 9.59 Å². The summed E-state index contributed by atoms with van der Waals surface area (Å²) < 4.78 is 5.83. The maximum Gasteiger partial charge on any atom is 0.278 e. The summed E-state index contributed by atoms with van der Waals surface area (Å²) >= 11 is 0. The molecule has 2 aromatic carbocycles. The van der Waals surface area contributed by atoms with Gasteiger partial charge in [-0.2, -0.15) is 0 Å². The highest BCUT2D eigenvalue weighted by molar-refractivity contribution is 6.37. The number of carbonyl (C=O) groups is 2. The van der Waals surface area contributed by atoms with Crippen molar-refractivity contribution >= 4 is 23.1 Å². The molecule has 0 spiro atoms. The van der Waals surface area contributed by atoms with Crippen LogP contribution in [0.1, 0.15) is 57.1 Å². The predicted octanol–water partition coefficient (Wildman–Crippen LogP) is 5.20. The fourth-order valence-corrected chi connectivity index (χ4v) is 5.27. The van der Waals surface area contributed by atoms with Gasteiger partial charge in [-0.05, 0) is 54.5 Å². The molecule has 0 N–H and O–H groups in total. The number of anilines is 1. The molecule has 0 aromatic heterocycles. The van der Waals surface area contributed by atoms with E-state index in [-0.39, 0.29) is 17.9 Å². The zero-order chi connectivity index (χ0) is 22.9. The van der Waals surface area contributed by atoms with E-state index in [1.54, 1.807) is 4.90 Å². The van der Waals surface area contributed by atoms with Gasteiger partial charge in [0.25, 0.3) is 11.8 Å². The largest absolute Gasteiger partial charge is 0.493 e. The normalized spacial score (nSPS) is 19.1. The third-order valence-corrected chi connectivity index (χ3v) is 6.91. The molecule has 2 amide bonds. The van der Waals surface area contributed by atoms with Crippen LogP contribution in [0, 0.1) is 5.92 Å². The summed E-state index contributed by atoms with van der Waals surface area (Å²) in [6.45, 7) is 5.58. The third kappa shape index (κ3) is 4.05. The van der Waals surface area contributed by atoms with Gasteiger partial charge in [-0.3, -0.25) is 14.5 Å². The summed E-state index contributed by atoms with van der Waals surface area (Å²) in [6.07, 6.45) is 5.99. The number of amides is 2. The third-order valence-electron chi connectivity index (χ3n) is 6.91. The average molecular weight is 445 g/mol. The molecule has 0 radical (unpaired) electrons. The molecule has 5 heteroatoms. The topological polar surface area (TPSA) is 49.9 Å². The number of hydrogen-bond acceptors (Lipinski definition) is 4. The molecule has 0 saturated heterocycles. The van der Waals surface area contributed by atoms with Crippen LogP contribution in [0.4, 0.5) is 5.69 Å². The fourth-order valence-electron chi connectivity index (χ4n) is 5.27. The quantitative estimate of drug-likeness (QED) is 0.575. The van der Waals surface area contributed by atoms with Crippen LogP contribution in [0.15, 0.2) is 54.2 Å². The molecule has 1 saturated carbocycles. The SMILES string of the molecule is CC(C)COc1ccc(C2=C(N3CCc4ccccc43)C(=O)N(C3CCCCC3)C2=O)cc1. The van der Waals surface area contributed by atoms with Gasteiger partial charge in [-0.15, -0.1) is 0 Å². The predicted molar refractivity (Wildman–Crippen MR) is 130 cm³/mol. The van der Waals surface area contributed by atoms with Crippen molar-refractivity contribution in [3.8, 4) is 5.75 Å². The van der Waals surface area contributed by atoms with Gasteiger partial charge in [-0.25, -0.2) is 0 Å². The fraction of sp³-hybridized carbons (Fsp3) is 0.429. The Morgan fingerprint density at radius 1 is 0.939 bits per heavy atom. The van der Waals surface area contributed by atoms with E-state index in [0.29, 0.717) is 30.3 Å². The van der Waals surface area contributed by atoms with E-state index in [4.69, 9.17) is 4.74 Å². The number of imide groups is 1. The van der Waals surface area contributed by atoms with Crippen molar-refractivity contribution in [2.75, 3.05) is 18.1 Å². The van der Waals surface area contributed by atoms with Crippen molar-refractivity contribution in [2.45, 2.75) is 58.4 Å². The Bertz CT molecular complexity index is 1080. The summed E-state index contributed by atoms with van der Waals surface area (Å²) in [4.78, 5) is 31.2. The number of para-hydroxylation sites is 1. The minimum absolute atomic E-state index is 0.00209. The lowest BCUT2D eigenvalue weighted by Crippen LogP contribution is -2.43. The highest BCUT2D eigenvalue weighted by Gasteiger charge is 2.46. The molecule has 1 aliphatic carbocycles. The molecule has 3 aliphatic rings. The number of hydrogen-bond donors (Lipinski definition) is 0. The number of ether oxygens (including phenoxy) is 1. The Morgan fingerprint density at radius 2 is 1.67 bits per heavy atom. The molecule has 1 fully saturated rings. The molecule has 0 unspecified atom stereocenters. The number of benzene rings is 2. The molecule has 5 nitrogen and oxygen atoms in total. The molecule has 172 valence electrons. The van der Waals surface area contributed by atoms with Gasteiger partial charge in [0, 0.05) is 18.3 Å². The van der Waals surface area contributed by atoms with Crippen LogP contribution in [0.25, 0.3) is 5.57 Å². The second kappa shape index (κ2) is 9.05. The first-order chi connectivity index (χ1) is 16.0. The molecule has 2 aromatic rings. The number of nitrogens with zero attached hydrogens (tertiary/aromatic N) is 2. The minimum atomic E-state index is -0.151. The van der Waals surface area contributed by atoms with Gasteiger partial charge in [-0.1, -0.05) is 63.4 Å². The van der Waals surface area contributed by atoms with Crippen molar-refractivity contribution in [3.05, 3.63) is 65.4 Å². The molecule has 0 bridgehead atoms. The van der Waals surface area contributed by atoms with Crippen LogP contribution in [0.5, 0.6) is 5.75 Å². The Labute approximate surface area is 196 Å². The Balaban J connectivity index is 1.54. The first-order valence-corrected chi connectivity index (χ1v) is 12.3. The summed E-state index contributed by atoms with van der Waals surface area (Å²) in [5.41, 5.74) is 4.10. The Hall–Kier alpha value is -3.08. The number of carbonyl (C=O) groups excluding carboxylic acids is 2. The summed E-state index contributed by atoms with van der Waals surface area (Å²) in [5.74, 6) is 0.926. The van der Waals surface area contributed by atoms with Crippen molar-refractivity contribution in [1.29, 1.82) is 0 Å². The zero-order valence-electron chi connectivity index (χ0n) is 19.5. The Morgan fingerprint density at radius 3 is 2.39 bits per heavy atom. The molecule has 33 heavy (non-hydrogen) atoms. The standard InChI is InChI=1S/C28H32N2O3/c1-19(2)18-33-23-14-12-21(13-15-23)25-26(29-17-16-20-8-6-7-11-24(20)29)28(32)30(27(25)31)22-9-4-3-5-10-22/h6-8,11-15,19,22H,3-5,9-10,16-18H2,1-2H3. The van der Waals surface area contributed by atoms with Crippen LogP contribution < -0.4 is 9.64 Å². The lowest BCUT2D eigenvalue weighted by molar-refractivity contribution is -0.140. The van der Waals surface area contributed by atoms with Crippen molar-refractivity contribution < 1.29 is 14.3 Å². The highest BCUT2D eigenvalue weighted by Crippen LogP contribution is 2.40. The van der Waals surface area contributed by atoms with Crippen molar-refractivity contribution in [1.82, 2.24) is 4.90 Å². The van der Waals surface area contributed by atoms with E-state index >= 15 is 0 Å². The highest BCUT2D eigenvalue weighted by atomic mass is 16.5. The van der Waals surface area contributed by atoms with E-state index in [1.165, 1.54) is 12.0 Å². The second-order valence-corrected chi connectivity index (χ2v) is 9.76. The van der Waals surface area contributed by atoms with Crippen molar-refractivity contribution in [3.63, 3.8) is 0 Å². The van der Waals surface area contributed by atoms with Gasteiger partial charge in [0.1, 0.15) is 11.4 Å². The van der Waals surface area contributed by atoms with E-state index in [2.05, 4.69) is 30.9 Å². The van der Waals surface area contributed by atoms with Gasteiger partial charge in [0.2, 0.25) is 0 Å². The molecule has 5 rings (SSSR count). The number of rotatable bonds is 6. The first kappa shape index (κ1) is 21.7. The molecule has 2 aliphatic heterocycles. The molecular formula is C28H32N2O3. The lowest BCUT2D eigenvalue weighted by atomic mass is 9.94. The summed E-state index contributed by atoms with van der Waals surface area (Å²) in [7, 11) is 0. The second-order valence-electron chi connectivity index (χ2n) is 9.76. The van der Waals surface area contributed by atoms with Crippen LogP contribution in [-0.2, 0) is 16.0 Å². The van der Waals surface area contributed by atoms with E-state index in [1.807, 2.05) is 36.4 Å². The maximum absolute atomic E-state index is 13.8. The van der Waals surface area contributed by atoms with E-state index < -0.39 is 0 Å². The average Bonchev–Trinajstić information content (AvgIpc) is 3.36. The summed E-state index contributed by atoms with van der Waals surface area (Å²) in [6, 6.07) is 15.8. The molecule has 0 atom stereocenters. The minimum Gasteiger partial charge on any atom is -0.493 e. The van der Waals surface area contributed by atoms with Gasteiger partial charge >= 0.3 is 0 Å². The van der Waals surface area contributed by atoms with Crippen molar-refractivity contribution in [2.24, 2.45) is 5.92 Å². The first-order valence-electron chi connectivity index (χ1n) is 12.3. The lowest BCUT2D eigenvalue weighted by Gasteiger charge is -2.30. The monoisotopic (exact) mass is 444 g/mol. The van der Waals surface area contributed by atoms with Crippen LogP contribution in [-0.4, -0.2) is 35.9 Å². The van der Waals surface area contributed by atoms with Crippen LogP contribution in [0.3, 0.4) is 0 Å². The van der Waals surface area contributed by atoms with Crippen LogP contribution >= 0.6 is 0 Å². The van der Waals surface area contributed by atoms with E-state index in [0.717, 1.165) is 49.1 Å². The van der Waals surface area contributed by atoms with Gasteiger partial charge < -0.3 is 9.64 Å². The molecular weight excluding hydrogens is 412 g/mol.